The zero-order chi connectivity index (χ0) is 13.4. The lowest BCUT2D eigenvalue weighted by Crippen LogP contribution is -2.20. The molecule has 1 aliphatic heterocycles. The highest BCUT2D eigenvalue weighted by Crippen LogP contribution is 2.41. The number of fused-ring (bicyclic) bond motifs is 1. The minimum atomic E-state index is -0.617. The van der Waals surface area contributed by atoms with Crippen LogP contribution in [-0.2, 0) is 0 Å². The third kappa shape index (κ3) is 2.22. The second-order valence-corrected chi connectivity index (χ2v) is 4.92. The highest BCUT2D eigenvalue weighted by Gasteiger charge is 2.29. The van der Waals surface area contributed by atoms with Crippen molar-refractivity contribution >= 4 is 0 Å². The Labute approximate surface area is 111 Å². The lowest BCUT2D eigenvalue weighted by Gasteiger charge is -2.30. The van der Waals surface area contributed by atoms with Gasteiger partial charge in [0.1, 0.15) is 17.7 Å². The molecule has 0 aromatic heterocycles. The number of halogens is 1. The predicted octanol–water partition coefficient (Wildman–Crippen LogP) is 3.69. The van der Waals surface area contributed by atoms with E-state index in [1.54, 1.807) is 18.2 Å². The van der Waals surface area contributed by atoms with Crippen molar-refractivity contribution in [3.05, 3.63) is 65.0 Å². The Morgan fingerprint density at radius 3 is 2.74 bits per heavy atom. The Morgan fingerprint density at radius 2 is 1.95 bits per heavy atom. The summed E-state index contributed by atoms with van der Waals surface area (Å²) in [5.74, 6) is 0.341. The molecule has 0 aliphatic carbocycles. The molecular formula is C16H15FO2. The Kier molecular flexibility index (Phi) is 2.99. The van der Waals surface area contributed by atoms with Crippen molar-refractivity contribution in [1.29, 1.82) is 0 Å². The van der Waals surface area contributed by atoms with Crippen LogP contribution in [0.15, 0.2) is 42.5 Å². The molecule has 1 N–H and O–H groups in total. The Balaban J connectivity index is 1.97. The van der Waals surface area contributed by atoms with Gasteiger partial charge < -0.3 is 9.84 Å². The molecule has 2 atom stereocenters. The van der Waals surface area contributed by atoms with E-state index in [4.69, 9.17) is 4.74 Å². The van der Waals surface area contributed by atoms with Crippen LogP contribution in [-0.4, -0.2) is 5.11 Å². The molecule has 2 aromatic rings. The molecule has 0 spiro atoms. The van der Waals surface area contributed by atoms with E-state index in [2.05, 4.69) is 0 Å². The van der Waals surface area contributed by atoms with Gasteiger partial charge in [-0.05, 0) is 25.1 Å². The normalized spacial score (nSPS) is 21.6. The third-order valence-electron chi connectivity index (χ3n) is 3.48. The van der Waals surface area contributed by atoms with Gasteiger partial charge in [-0.2, -0.15) is 0 Å². The van der Waals surface area contributed by atoms with Crippen LogP contribution in [0.25, 0.3) is 0 Å². The van der Waals surface area contributed by atoms with Crippen molar-refractivity contribution < 1.29 is 14.2 Å². The number of rotatable bonds is 1. The van der Waals surface area contributed by atoms with Gasteiger partial charge in [-0.3, -0.25) is 0 Å². The van der Waals surface area contributed by atoms with E-state index in [0.29, 0.717) is 17.7 Å². The van der Waals surface area contributed by atoms with Gasteiger partial charge in [0, 0.05) is 17.5 Å². The summed E-state index contributed by atoms with van der Waals surface area (Å²) in [5, 5.41) is 10.2. The van der Waals surface area contributed by atoms with Crippen LogP contribution in [0, 0.1) is 12.7 Å². The minimum Gasteiger partial charge on any atom is -0.485 e. The van der Waals surface area contributed by atoms with E-state index in [9.17, 15) is 9.50 Å². The van der Waals surface area contributed by atoms with Crippen LogP contribution in [0.3, 0.4) is 0 Å². The van der Waals surface area contributed by atoms with E-state index in [1.165, 1.54) is 6.07 Å². The molecule has 0 radical (unpaired) electrons. The maximum Gasteiger partial charge on any atom is 0.130 e. The predicted molar refractivity (Wildman–Crippen MR) is 70.5 cm³/mol. The number of aryl methyl sites for hydroxylation is 1. The first-order valence-electron chi connectivity index (χ1n) is 6.35. The van der Waals surface area contributed by atoms with Gasteiger partial charge in [-0.25, -0.2) is 4.39 Å². The first kappa shape index (κ1) is 12.2. The van der Waals surface area contributed by atoms with E-state index in [1.807, 2.05) is 25.1 Å². The molecule has 1 aliphatic rings. The SMILES string of the molecule is Cc1ccc2c(c1)[C@@H](O)CC(c1ccccc1F)O2. The Hall–Kier alpha value is -1.87. The van der Waals surface area contributed by atoms with Crippen LogP contribution in [0.1, 0.15) is 35.3 Å². The molecule has 2 aromatic carbocycles. The maximum absolute atomic E-state index is 13.8. The zero-order valence-corrected chi connectivity index (χ0v) is 10.6. The largest absolute Gasteiger partial charge is 0.485 e. The highest BCUT2D eigenvalue weighted by atomic mass is 19.1. The first-order valence-corrected chi connectivity index (χ1v) is 6.35. The molecule has 98 valence electrons. The summed E-state index contributed by atoms with van der Waals surface area (Å²) in [7, 11) is 0. The third-order valence-corrected chi connectivity index (χ3v) is 3.48. The summed E-state index contributed by atoms with van der Waals surface area (Å²) < 4.78 is 19.6. The van der Waals surface area contributed by atoms with E-state index in [0.717, 1.165) is 11.1 Å². The monoisotopic (exact) mass is 258 g/mol. The molecule has 0 fully saturated rings. The quantitative estimate of drug-likeness (QED) is 0.845. The topological polar surface area (TPSA) is 29.5 Å². The smallest absolute Gasteiger partial charge is 0.130 e. The van der Waals surface area contributed by atoms with Gasteiger partial charge in [-0.15, -0.1) is 0 Å². The molecule has 0 saturated heterocycles. The number of ether oxygens (including phenoxy) is 1. The number of hydrogen-bond donors (Lipinski definition) is 1. The van der Waals surface area contributed by atoms with Crippen LogP contribution >= 0.6 is 0 Å². The van der Waals surface area contributed by atoms with Gasteiger partial charge in [0.05, 0.1) is 6.10 Å². The molecule has 0 amide bonds. The molecule has 3 heteroatoms. The molecule has 2 nitrogen and oxygen atoms in total. The van der Waals surface area contributed by atoms with Crippen molar-refractivity contribution in [2.24, 2.45) is 0 Å². The molecule has 1 unspecified atom stereocenters. The summed E-state index contributed by atoms with van der Waals surface area (Å²) in [6, 6.07) is 12.2. The second kappa shape index (κ2) is 4.67. The van der Waals surface area contributed by atoms with Gasteiger partial charge >= 0.3 is 0 Å². The molecule has 1 heterocycles. The molecular weight excluding hydrogens is 243 g/mol. The molecule has 3 rings (SSSR count). The lowest BCUT2D eigenvalue weighted by atomic mass is 9.94. The van der Waals surface area contributed by atoms with Crippen molar-refractivity contribution in [1.82, 2.24) is 0 Å². The van der Waals surface area contributed by atoms with Gasteiger partial charge in [0.15, 0.2) is 0 Å². The number of aliphatic hydroxyl groups is 1. The van der Waals surface area contributed by atoms with Crippen molar-refractivity contribution in [3.8, 4) is 5.75 Å². The summed E-state index contributed by atoms with van der Waals surface area (Å²) in [6.45, 7) is 1.97. The van der Waals surface area contributed by atoms with Crippen LogP contribution in [0.4, 0.5) is 4.39 Å². The Bertz CT molecular complexity index is 609. The van der Waals surface area contributed by atoms with E-state index in [-0.39, 0.29) is 5.82 Å². The van der Waals surface area contributed by atoms with Crippen LogP contribution < -0.4 is 4.74 Å². The van der Waals surface area contributed by atoms with Gasteiger partial charge in [-0.1, -0.05) is 29.8 Å². The fourth-order valence-corrected chi connectivity index (χ4v) is 2.49. The summed E-state index contributed by atoms with van der Waals surface area (Å²) in [4.78, 5) is 0. The van der Waals surface area contributed by atoms with E-state index >= 15 is 0 Å². The van der Waals surface area contributed by atoms with Crippen molar-refractivity contribution in [3.63, 3.8) is 0 Å². The second-order valence-electron chi connectivity index (χ2n) is 4.92. The summed E-state index contributed by atoms with van der Waals surface area (Å²) in [5.41, 5.74) is 2.35. The van der Waals surface area contributed by atoms with Crippen LogP contribution in [0.2, 0.25) is 0 Å². The van der Waals surface area contributed by atoms with Gasteiger partial charge in [0.25, 0.3) is 0 Å². The fraction of sp³-hybridized carbons (Fsp3) is 0.250. The average molecular weight is 258 g/mol. The molecule has 19 heavy (non-hydrogen) atoms. The fourth-order valence-electron chi connectivity index (χ4n) is 2.49. The minimum absolute atomic E-state index is 0.296. The van der Waals surface area contributed by atoms with Crippen molar-refractivity contribution in [2.45, 2.75) is 25.6 Å². The Morgan fingerprint density at radius 1 is 1.16 bits per heavy atom. The summed E-state index contributed by atoms with van der Waals surface area (Å²) >= 11 is 0. The highest BCUT2D eigenvalue weighted by molar-refractivity contribution is 5.41. The average Bonchev–Trinajstić information content (AvgIpc) is 2.40. The molecule has 0 bridgehead atoms. The number of hydrogen-bond acceptors (Lipinski definition) is 2. The number of aliphatic hydroxyl groups excluding tert-OH is 1. The van der Waals surface area contributed by atoms with Crippen LogP contribution in [0.5, 0.6) is 5.75 Å². The maximum atomic E-state index is 13.8. The standard InChI is InChI=1S/C16H15FO2/c1-10-6-7-15-12(8-10)14(18)9-16(19-15)11-4-2-3-5-13(11)17/h2-8,14,16,18H,9H2,1H3/t14-,16?/m0/s1. The zero-order valence-electron chi connectivity index (χ0n) is 10.6. The number of benzene rings is 2. The van der Waals surface area contributed by atoms with Gasteiger partial charge in [0.2, 0.25) is 0 Å². The lowest BCUT2D eigenvalue weighted by molar-refractivity contribution is 0.0639. The molecule has 0 saturated carbocycles. The first-order chi connectivity index (χ1) is 9.15. The summed E-state index contributed by atoms with van der Waals surface area (Å²) in [6.07, 6.45) is -0.683. The van der Waals surface area contributed by atoms with Crippen molar-refractivity contribution in [2.75, 3.05) is 0 Å². The van der Waals surface area contributed by atoms with E-state index < -0.39 is 12.2 Å².